The van der Waals surface area contributed by atoms with Crippen LogP contribution in [0.5, 0.6) is 0 Å². The summed E-state index contributed by atoms with van der Waals surface area (Å²) in [7, 11) is 0. The van der Waals surface area contributed by atoms with E-state index in [0.717, 1.165) is 28.9 Å². The third kappa shape index (κ3) is 4.17. The summed E-state index contributed by atoms with van der Waals surface area (Å²) in [6, 6.07) is 5.25. The minimum Gasteiger partial charge on any atom is -0.465 e. The van der Waals surface area contributed by atoms with E-state index in [0.29, 0.717) is 25.9 Å². The van der Waals surface area contributed by atoms with Gasteiger partial charge in [-0.2, -0.15) is 0 Å². The number of carboxylic acid groups (broad SMARTS) is 1. The van der Waals surface area contributed by atoms with Gasteiger partial charge in [0.2, 0.25) is 11.8 Å². The third-order valence-corrected chi connectivity index (χ3v) is 6.89. The second-order valence-electron chi connectivity index (χ2n) is 9.28. The quantitative estimate of drug-likeness (QED) is 0.507. The van der Waals surface area contributed by atoms with Crippen molar-refractivity contribution >= 4 is 23.5 Å². The highest BCUT2D eigenvalue weighted by Crippen LogP contribution is 2.55. The number of carbonyl (C=O) groups is 3. The summed E-state index contributed by atoms with van der Waals surface area (Å²) in [6.45, 7) is 5.19. The lowest BCUT2D eigenvalue weighted by Crippen LogP contribution is -2.62. The molecule has 3 aliphatic rings. The minimum absolute atomic E-state index is 0.246. The molecular formula is C23H29N3O5. The molecule has 2 aliphatic heterocycles. The molecule has 1 saturated heterocycles. The zero-order valence-electron chi connectivity index (χ0n) is 17.9. The maximum Gasteiger partial charge on any atom is 0.408 e. The van der Waals surface area contributed by atoms with Gasteiger partial charge in [-0.15, -0.1) is 0 Å². The predicted octanol–water partition coefficient (Wildman–Crippen LogP) is 2.57. The summed E-state index contributed by atoms with van der Waals surface area (Å²) in [4.78, 5) is 40.5. The van der Waals surface area contributed by atoms with Gasteiger partial charge in [0.25, 0.3) is 0 Å². The van der Waals surface area contributed by atoms with Crippen molar-refractivity contribution in [2.75, 3.05) is 19.6 Å². The Labute approximate surface area is 181 Å². The van der Waals surface area contributed by atoms with Crippen LogP contribution in [0, 0.1) is 25.2 Å². The molecular weight excluding hydrogens is 398 g/mol. The van der Waals surface area contributed by atoms with Gasteiger partial charge in [-0.25, -0.2) is 10.3 Å². The Kier molecular flexibility index (Phi) is 5.51. The maximum absolute atomic E-state index is 13.4. The first-order valence-electron chi connectivity index (χ1n) is 10.7. The van der Waals surface area contributed by atoms with Crippen LogP contribution in [0.4, 0.5) is 4.79 Å². The average molecular weight is 428 g/mol. The number of hydroxylamine groups is 1. The molecule has 2 fully saturated rings. The van der Waals surface area contributed by atoms with E-state index < -0.39 is 24.0 Å². The summed E-state index contributed by atoms with van der Waals surface area (Å²) in [5.41, 5.74) is 6.07. The summed E-state index contributed by atoms with van der Waals surface area (Å²) in [5, 5.41) is 19.0. The first kappa shape index (κ1) is 21.4. The molecule has 1 spiro atoms. The van der Waals surface area contributed by atoms with Crippen molar-refractivity contribution in [3.05, 3.63) is 41.0 Å². The fraction of sp³-hybridized carbons (Fsp3) is 0.522. The van der Waals surface area contributed by atoms with Crippen LogP contribution in [0.15, 0.2) is 24.3 Å². The lowest BCUT2D eigenvalue weighted by atomic mass is 9.79. The highest BCUT2D eigenvalue weighted by atomic mass is 16.5. The van der Waals surface area contributed by atoms with Crippen molar-refractivity contribution in [1.82, 2.24) is 15.3 Å². The first-order valence-corrected chi connectivity index (χ1v) is 10.7. The van der Waals surface area contributed by atoms with Gasteiger partial charge in [0.15, 0.2) is 0 Å². The monoisotopic (exact) mass is 427 g/mol. The summed E-state index contributed by atoms with van der Waals surface area (Å²) in [6.07, 6.45) is 3.54. The molecule has 4 rings (SSSR count). The van der Waals surface area contributed by atoms with Gasteiger partial charge in [0.1, 0.15) is 6.04 Å². The topological polar surface area (TPSA) is 110 Å². The van der Waals surface area contributed by atoms with Crippen LogP contribution in [0.25, 0.3) is 5.57 Å². The lowest BCUT2D eigenvalue weighted by Gasteiger charge is -2.44. The lowest BCUT2D eigenvalue weighted by molar-refractivity contribution is -0.149. The van der Waals surface area contributed by atoms with Gasteiger partial charge in [-0.3, -0.25) is 19.7 Å². The minimum atomic E-state index is -1.21. The summed E-state index contributed by atoms with van der Waals surface area (Å²) in [5.74, 6) is -1.96. The maximum atomic E-state index is 13.4. The van der Waals surface area contributed by atoms with Crippen molar-refractivity contribution in [3.63, 3.8) is 0 Å². The van der Waals surface area contributed by atoms with Gasteiger partial charge in [-0.1, -0.05) is 35.4 Å². The molecule has 0 bridgehead atoms. The second-order valence-corrected chi connectivity index (χ2v) is 9.28. The van der Waals surface area contributed by atoms with Gasteiger partial charge < -0.3 is 10.0 Å². The molecule has 1 saturated carbocycles. The van der Waals surface area contributed by atoms with E-state index >= 15 is 0 Å². The van der Waals surface area contributed by atoms with E-state index in [4.69, 9.17) is 0 Å². The van der Waals surface area contributed by atoms with Crippen molar-refractivity contribution < 1.29 is 24.7 Å². The van der Waals surface area contributed by atoms with E-state index in [1.165, 1.54) is 11.1 Å². The van der Waals surface area contributed by atoms with E-state index in [2.05, 4.69) is 32.0 Å². The number of rotatable bonds is 3. The van der Waals surface area contributed by atoms with Crippen LogP contribution in [-0.4, -0.2) is 63.7 Å². The number of benzene rings is 1. The molecule has 8 heteroatoms. The molecule has 2 atom stereocenters. The standard InChI is InChI=1S/C23H29N3O5/c1-14-9-15(2)11-17(10-14)16-3-7-25(8-4-16)21(28)19-18(20(27)24-31)12-23(5-6-23)13-26(19)22(29)30/h3,9-11,18-19,31H,4-8,12-13H2,1-2H3,(H,24,27)(H,29,30). The normalized spacial score (nSPS) is 24.5. The second kappa shape index (κ2) is 8.00. The third-order valence-electron chi connectivity index (χ3n) is 6.89. The largest absolute Gasteiger partial charge is 0.465 e. The molecule has 1 aliphatic carbocycles. The molecule has 2 heterocycles. The number of aryl methyl sites for hydroxylation is 2. The zero-order chi connectivity index (χ0) is 22.3. The fourth-order valence-corrected chi connectivity index (χ4v) is 5.15. The Hall–Kier alpha value is -2.87. The molecule has 8 nitrogen and oxygen atoms in total. The van der Waals surface area contributed by atoms with Crippen LogP contribution < -0.4 is 5.48 Å². The van der Waals surface area contributed by atoms with Gasteiger partial charge in [0.05, 0.1) is 5.92 Å². The predicted molar refractivity (Wildman–Crippen MR) is 113 cm³/mol. The Morgan fingerprint density at radius 3 is 2.32 bits per heavy atom. The molecule has 31 heavy (non-hydrogen) atoms. The smallest absolute Gasteiger partial charge is 0.408 e. The van der Waals surface area contributed by atoms with E-state index in [-0.39, 0.29) is 17.9 Å². The van der Waals surface area contributed by atoms with E-state index in [9.17, 15) is 24.7 Å². The molecule has 2 unspecified atom stereocenters. The Morgan fingerprint density at radius 1 is 1.13 bits per heavy atom. The van der Waals surface area contributed by atoms with Crippen molar-refractivity contribution in [1.29, 1.82) is 0 Å². The van der Waals surface area contributed by atoms with Crippen molar-refractivity contribution in [3.8, 4) is 0 Å². The van der Waals surface area contributed by atoms with E-state index in [1.807, 2.05) is 6.08 Å². The highest BCUT2D eigenvalue weighted by molar-refractivity contribution is 5.93. The van der Waals surface area contributed by atoms with Crippen molar-refractivity contribution in [2.45, 2.75) is 45.6 Å². The molecule has 0 aromatic heterocycles. The van der Waals surface area contributed by atoms with Gasteiger partial charge in [-0.05, 0) is 56.1 Å². The highest BCUT2D eigenvalue weighted by Gasteiger charge is 2.57. The number of hydrogen-bond donors (Lipinski definition) is 3. The Balaban J connectivity index is 1.56. The Morgan fingerprint density at radius 2 is 1.81 bits per heavy atom. The molecule has 0 radical (unpaired) electrons. The number of carbonyl (C=O) groups excluding carboxylic acids is 2. The SMILES string of the molecule is Cc1cc(C)cc(C2=CCN(C(=O)C3C(C(=O)NO)CC4(CC4)CN3C(=O)O)CC2)c1. The Bertz CT molecular complexity index is 932. The summed E-state index contributed by atoms with van der Waals surface area (Å²) < 4.78 is 0. The first-order chi connectivity index (χ1) is 14.7. The van der Waals surface area contributed by atoms with Crippen LogP contribution >= 0.6 is 0 Å². The number of likely N-dealkylation sites (tertiary alicyclic amines) is 1. The molecule has 1 aromatic carbocycles. The zero-order valence-corrected chi connectivity index (χ0v) is 17.9. The van der Waals surface area contributed by atoms with E-state index in [1.54, 1.807) is 10.4 Å². The summed E-state index contributed by atoms with van der Waals surface area (Å²) >= 11 is 0. The van der Waals surface area contributed by atoms with Crippen LogP contribution in [0.1, 0.15) is 42.4 Å². The number of hydrogen-bond acceptors (Lipinski definition) is 4. The molecule has 3 N–H and O–H groups in total. The molecule has 3 amide bonds. The molecule has 166 valence electrons. The average Bonchev–Trinajstić information content (AvgIpc) is 3.49. The van der Waals surface area contributed by atoms with Crippen LogP contribution in [-0.2, 0) is 9.59 Å². The number of amides is 3. The van der Waals surface area contributed by atoms with Crippen molar-refractivity contribution in [2.24, 2.45) is 11.3 Å². The number of piperidine rings is 1. The van der Waals surface area contributed by atoms with Crippen LogP contribution in [0.2, 0.25) is 0 Å². The number of nitrogens with one attached hydrogen (secondary N) is 1. The molecule has 1 aromatic rings. The fourth-order valence-electron chi connectivity index (χ4n) is 5.15. The van der Waals surface area contributed by atoms with Gasteiger partial charge >= 0.3 is 6.09 Å². The number of nitrogens with zero attached hydrogens (tertiary/aromatic N) is 2. The van der Waals surface area contributed by atoms with Crippen LogP contribution in [0.3, 0.4) is 0 Å². The van der Waals surface area contributed by atoms with Gasteiger partial charge in [0, 0.05) is 19.6 Å².